The number of fused-ring (bicyclic) bond motifs is 1. The molecule has 6 heteroatoms. The highest BCUT2D eigenvalue weighted by molar-refractivity contribution is 7.92. The summed E-state index contributed by atoms with van der Waals surface area (Å²) in [6, 6.07) is 9.19. The van der Waals surface area contributed by atoms with Crippen molar-refractivity contribution in [3.63, 3.8) is 0 Å². The van der Waals surface area contributed by atoms with Gasteiger partial charge in [-0.15, -0.1) is 0 Å². The zero-order valence-electron chi connectivity index (χ0n) is 11.2. The van der Waals surface area contributed by atoms with Gasteiger partial charge in [-0.05, 0) is 31.2 Å². The van der Waals surface area contributed by atoms with Gasteiger partial charge in [0.25, 0.3) is 0 Å². The predicted octanol–water partition coefficient (Wildman–Crippen LogP) is 2.06. The van der Waals surface area contributed by atoms with E-state index >= 15 is 0 Å². The highest BCUT2D eigenvalue weighted by Gasteiger charge is 2.14. The Bertz CT molecular complexity index is 698. The Hall–Kier alpha value is -1.82. The average Bonchev–Trinajstić information content (AvgIpc) is 2.36. The molecule has 0 spiro atoms. The smallest absolute Gasteiger partial charge is 0.232 e. The maximum atomic E-state index is 11.6. The third kappa shape index (κ3) is 2.78. The number of anilines is 2. The van der Waals surface area contributed by atoms with Crippen molar-refractivity contribution in [3.8, 4) is 0 Å². The van der Waals surface area contributed by atoms with E-state index in [0.717, 1.165) is 23.3 Å². The number of sulfonamides is 1. The molecule has 0 aliphatic carbocycles. The molecular formula is C13H17N3O2S. The Kier molecular flexibility index (Phi) is 3.61. The quantitative estimate of drug-likeness (QED) is 0.930. The SMILES string of the molecule is CCNc1ccc2c(N(C)S(C)(=O)=O)cccc2n1. The molecule has 2 aromatic rings. The molecule has 19 heavy (non-hydrogen) atoms. The molecule has 1 heterocycles. The van der Waals surface area contributed by atoms with Gasteiger partial charge >= 0.3 is 0 Å². The highest BCUT2D eigenvalue weighted by Crippen LogP contribution is 2.27. The van der Waals surface area contributed by atoms with Crippen LogP contribution in [0.15, 0.2) is 30.3 Å². The monoisotopic (exact) mass is 279 g/mol. The van der Waals surface area contributed by atoms with E-state index in [2.05, 4.69) is 10.3 Å². The van der Waals surface area contributed by atoms with E-state index in [4.69, 9.17) is 0 Å². The van der Waals surface area contributed by atoms with E-state index in [0.29, 0.717) is 5.69 Å². The van der Waals surface area contributed by atoms with Crippen molar-refractivity contribution in [1.29, 1.82) is 0 Å². The fourth-order valence-electron chi connectivity index (χ4n) is 1.87. The predicted molar refractivity (Wildman–Crippen MR) is 79.2 cm³/mol. The first-order valence-electron chi connectivity index (χ1n) is 6.01. The molecule has 5 nitrogen and oxygen atoms in total. The van der Waals surface area contributed by atoms with Gasteiger partial charge in [0.2, 0.25) is 10.0 Å². The van der Waals surface area contributed by atoms with Crippen LogP contribution in [0.1, 0.15) is 6.92 Å². The summed E-state index contributed by atoms with van der Waals surface area (Å²) in [6.07, 6.45) is 1.19. The average molecular weight is 279 g/mol. The fraction of sp³-hybridized carbons (Fsp3) is 0.308. The van der Waals surface area contributed by atoms with Crippen LogP contribution in [0.3, 0.4) is 0 Å². The summed E-state index contributed by atoms with van der Waals surface area (Å²) < 4.78 is 24.5. The molecule has 0 atom stereocenters. The van der Waals surface area contributed by atoms with E-state index < -0.39 is 10.0 Å². The van der Waals surface area contributed by atoms with Crippen molar-refractivity contribution in [2.45, 2.75) is 6.92 Å². The Morgan fingerprint density at radius 2 is 2.00 bits per heavy atom. The van der Waals surface area contributed by atoms with Gasteiger partial charge in [-0.25, -0.2) is 13.4 Å². The van der Waals surface area contributed by atoms with Crippen molar-refractivity contribution in [3.05, 3.63) is 30.3 Å². The summed E-state index contributed by atoms with van der Waals surface area (Å²) in [4.78, 5) is 4.46. The fourth-order valence-corrected chi connectivity index (χ4v) is 2.39. The Balaban J connectivity index is 2.58. The third-order valence-corrected chi connectivity index (χ3v) is 4.10. The number of aromatic nitrogens is 1. The molecule has 1 aromatic heterocycles. The minimum absolute atomic E-state index is 0.635. The van der Waals surface area contributed by atoms with Crippen LogP contribution in [0, 0.1) is 0 Å². The zero-order valence-corrected chi connectivity index (χ0v) is 12.0. The summed E-state index contributed by atoms with van der Waals surface area (Å²) in [6.45, 7) is 2.79. The molecule has 1 N–H and O–H groups in total. The molecule has 0 aliphatic heterocycles. The van der Waals surface area contributed by atoms with Gasteiger partial charge in [0, 0.05) is 19.0 Å². The van der Waals surface area contributed by atoms with Crippen molar-refractivity contribution in [2.24, 2.45) is 0 Å². The van der Waals surface area contributed by atoms with Gasteiger partial charge in [-0.3, -0.25) is 4.31 Å². The van der Waals surface area contributed by atoms with E-state index in [1.54, 1.807) is 13.1 Å². The maximum Gasteiger partial charge on any atom is 0.232 e. The Morgan fingerprint density at radius 1 is 1.26 bits per heavy atom. The highest BCUT2D eigenvalue weighted by atomic mass is 32.2. The van der Waals surface area contributed by atoms with Crippen LogP contribution >= 0.6 is 0 Å². The number of hydrogen-bond donors (Lipinski definition) is 1. The molecule has 1 aromatic carbocycles. The van der Waals surface area contributed by atoms with Crippen molar-refractivity contribution in [2.75, 3.05) is 29.5 Å². The molecule has 0 bridgehead atoms. The number of pyridine rings is 1. The Morgan fingerprint density at radius 3 is 2.63 bits per heavy atom. The van der Waals surface area contributed by atoms with E-state index in [-0.39, 0.29) is 0 Å². The number of benzene rings is 1. The standard InChI is InChI=1S/C13H17N3O2S/c1-4-14-13-9-8-10-11(15-13)6-5-7-12(10)16(2)19(3,17)18/h5-9H,4H2,1-3H3,(H,14,15). The van der Waals surface area contributed by atoms with Crippen LogP contribution in [0.25, 0.3) is 10.9 Å². The first-order valence-corrected chi connectivity index (χ1v) is 7.86. The van der Waals surface area contributed by atoms with Gasteiger partial charge in [-0.1, -0.05) is 6.07 Å². The molecule has 0 radical (unpaired) electrons. The van der Waals surface area contributed by atoms with E-state index in [1.807, 2.05) is 31.2 Å². The second kappa shape index (κ2) is 5.05. The van der Waals surface area contributed by atoms with Crippen molar-refractivity contribution in [1.82, 2.24) is 4.98 Å². The lowest BCUT2D eigenvalue weighted by molar-refractivity contribution is 0.600. The van der Waals surface area contributed by atoms with Crippen molar-refractivity contribution >= 4 is 32.4 Å². The topological polar surface area (TPSA) is 62.3 Å². The van der Waals surface area contributed by atoms with Crippen LogP contribution < -0.4 is 9.62 Å². The molecule has 102 valence electrons. The normalized spacial score (nSPS) is 11.5. The minimum Gasteiger partial charge on any atom is -0.370 e. The lowest BCUT2D eigenvalue weighted by atomic mass is 10.2. The molecule has 0 fully saturated rings. The molecule has 0 aliphatic rings. The van der Waals surface area contributed by atoms with Crippen LogP contribution in [0.5, 0.6) is 0 Å². The van der Waals surface area contributed by atoms with Crippen LogP contribution in [-0.4, -0.2) is 33.2 Å². The molecule has 0 amide bonds. The molecule has 0 unspecified atom stereocenters. The summed E-state index contributed by atoms with van der Waals surface area (Å²) in [7, 11) is -1.73. The first-order chi connectivity index (χ1) is 8.93. The molecular weight excluding hydrogens is 262 g/mol. The molecule has 0 saturated carbocycles. The maximum absolute atomic E-state index is 11.6. The van der Waals surface area contributed by atoms with E-state index in [9.17, 15) is 8.42 Å². The number of nitrogens with zero attached hydrogens (tertiary/aromatic N) is 2. The van der Waals surface area contributed by atoms with Crippen LogP contribution in [0.2, 0.25) is 0 Å². The minimum atomic E-state index is -3.28. The van der Waals surface area contributed by atoms with Gasteiger partial charge in [0.05, 0.1) is 17.5 Å². The van der Waals surface area contributed by atoms with Gasteiger partial charge in [0.15, 0.2) is 0 Å². The van der Waals surface area contributed by atoms with Gasteiger partial charge < -0.3 is 5.32 Å². The molecule has 0 saturated heterocycles. The lowest BCUT2D eigenvalue weighted by Crippen LogP contribution is -2.25. The summed E-state index contributed by atoms with van der Waals surface area (Å²) >= 11 is 0. The summed E-state index contributed by atoms with van der Waals surface area (Å²) in [5, 5.41) is 3.95. The summed E-state index contributed by atoms with van der Waals surface area (Å²) in [5.41, 5.74) is 1.40. The second-order valence-electron chi connectivity index (χ2n) is 4.30. The van der Waals surface area contributed by atoms with Crippen LogP contribution in [-0.2, 0) is 10.0 Å². The first kappa shape index (κ1) is 13.6. The number of nitrogens with one attached hydrogen (secondary N) is 1. The second-order valence-corrected chi connectivity index (χ2v) is 6.31. The molecule has 2 rings (SSSR count). The number of hydrogen-bond acceptors (Lipinski definition) is 4. The third-order valence-electron chi connectivity index (χ3n) is 2.90. The Labute approximate surface area is 113 Å². The zero-order chi connectivity index (χ0) is 14.0. The van der Waals surface area contributed by atoms with Crippen LogP contribution in [0.4, 0.5) is 11.5 Å². The van der Waals surface area contributed by atoms with E-state index in [1.165, 1.54) is 10.6 Å². The van der Waals surface area contributed by atoms with Gasteiger partial charge in [0.1, 0.15) is 5.82 Å². The largest absolute Gasteiger partial charge is 0.370 e. The number of rotatable bonds is 4. The lowest BCUT2D eigenvalue weighted by Gasteiger charge is -2.18. The van der Waals surface area contributed by atoms with Gasteiger partial charge in [-0.2, -0.15) is 0 Å². The van der Waals surface area contributed by atoms with Crippen molar-refractivity contribution < 1.29 is 8.42 Å². The summed E-state index contributed by atoms with van der Waals surface area (Å²) in [5.74, 6) is 0.786.